The van der Waals surface area contributed by atoms with Gasteiger partial charge >= 0.3 is 0 Å². The molecule has 2 rings (SSSR count). The molecule has 0 bridgehead atoms. The van der Waals surface area contributed by atoms with E-state index in [0.29, 0.717) is 5.92 Å². The van der Waals surface area contributed by atoms with Gasteiger partial charge in [-0.1, -0.05) is 13.8 Å². The molecule has 1 saturated heterocycles. The molecule has 1 aliphatic heterocycles. The van der Waals surface area contributed by atoms with Crippen molar-refractivity contribution in [3.05, 3.63) is 23.5 Å². The van der Waals surface area contributed by atoms with Crippen molar-refractivity contribution >= 4 is 0 Å². The van der Waals surface area contributed by atoms with Crippen molar-refractivity contribution in [1.29, 1.82) is 0 Å². The van der Waals surface area contributed by atoms with Crippen molar-refractivity contribution in [2.24, 2.45) is 5.92 Å². The van der Waals surface area contributed by atoms with Gasteiger partial charge in [0.1, 0.15) is 0 Å². The topological polar surface area (TPSA) is 29.0 Å². The second kappa shape index (κ2) is 4.91. The highest BCUT2D eigenvalue weighted by molar-refractivity contribution is 5.16. The highest BCUT2D eigenvalue weighted by Gasteiger charge is 2.20. The van der Waals surface area contributed by atoms with Gasteiger partial charge in [-0.05, 0) is 49.9 Å². The lowest BCUT2D eigenvalue weighted by Gasteiger charge is -2.11. The third kappa shape index (κ3) is 2.79. The summed E-state index contributed by atoms with van der Waals surface area (Å²) in [6.45, 7) is 6.82. The van der Waals surface area contributed by atoms with Gasteiger partial charge in [-0.15, -0.1) is 0 Å². The van der Waals surface area contributed by atoms with Gasteiger partial charge in [0.2, 0.25) is 0 Å². The summed E-state index contributed by atoms with van der Waals surface area (Å²) < 4.78 is 0. The van der Waals surface area contributed by atoms with Crippen molar-refractivity contribution in [1.82, 2.24) is 15.1 Å². The number of hydrogen-bond donors (Lipinski definition) is 0. The van der Waals surface area contributed by atoms with Gasteiger partial charge in [0.15, 0.2) is 0 Å². The third-order valence-electron chi connectivity index (χ3n) is 3.38. The third-order valence-corrected chi connectivity index (χ3v) is 3.38. The van der Waals surface area contributed by atoms with Crippen LogP contribution in [0.2, 0.25) is 0 Å². The smallest absolute Gasteiger partial charge is 0.0637 e. The average molecular weight is 219 g/mol. The summed E-state index contributed by atoms with van der Waals surface area (Å²) in [6, 6.07) is 2.22. The summed E-state index contributed by atoms with van der Waals surface area (Å²) in [5.41, 5.74) is 2.46. The van der Waals surface area contributed by atoms with Crippen LogP contribution in [0.15, 0.2) is 12.3 Å². The fourth-order valence-electron chi connectivity index (χ4n) is 2.33. The minimum atomic E-state index is 0.542. The van der Waals surface area contributed by atoms with Gasteiger partial charge in [0.25, 0.3) is 0 Å². The monoisotopic (exact) mass is 219 g/mol. The molecule has 1 aliphatic rings. The Morgan fingerprint density at radius 1 is 1.50 bits per heavy atom. The quantitative estimate of drug-likeness (QED) is 0.779. The lowest BCUT2D eigenvalue weighted by atomic mass is 9.99. The maximum absolute atomic E-state index is 4.24. The Morgan fingerprint density at radius 3 is 2.94 bits per heavy atom. The second-order valence-corrected chi connectivity index (χ2v) is 5.26. The van der Waals surface area contributed by atoms with Crippen LogP contribution in [0.3, 0.4) is 0 Å². The Hall–Kier alpha value is -0.960. The zero-order valence-corrected chi connectivity index (χ0v) is 10.5. The van der Waals surface area contributed by atoms with Gasteiger partial charge in [-0.25, -0.2) is 0 Å². The summed E-state index contributed by atoms with van der Waals surface area (Å²) in [7, 11) is 2.19. The number of rotatable bonds is 3. The molecule has 0 spiro atoms. The predicted octanol–water partition coefficient (Wildman–Crippen LogP) is 2.09. The molecule has 1 atom stereocenters. The van der Waals surface area contributed by atoms with E-state index in [1.54, 1.807) is 0 Å². The van der Waals surface area contributed by atoms with Gasteiger partial charge < -0.3 is 4.90 Å². The van der Waals surface area contributed by atoms with E-state index < -0.39 is 0 Å². The highest BCUT2D eigenvalue weighted by Crippen LogP contribution is 2.20. The molecule has 0 aromatic carbocycles. The first-order valence-electron chi connectivity index (χ1n) is 6.15. The second-order valence-electron chi connectivity index (χ2n) is 5.26. The van der Waals surface area contributed by atoms with Crippen LogP contribution in [0.5, 0.6) is 0 Å². The molecule has 0 N–H and O–H groups in total. The molecule has 1 aromatic heterocycles. The first kappa shape index (κ1) is 11.5. The Labute approximate surface area is 97.9 Å². The van der Waals surface area contributed by atoms with Crippen LogP contribution in [-0.2, 0) is 6.42 Å². The molecule has 0 radical (unpaired) electrons. The van der Waals surface area contributed by atoms with Crippen LogP contribution in [0.4, 0.5) is 0 Å². The van der Waals surface area contributed by atoms with E-state index in [2.05, 4.69) is 42.1 Å². The molecule has 3 heteroatoms. The summed E-state index contributed by atoms with van der Waals surface area (Å²) in [5.74, 6) is 1.31. The highest BCUT2D eigenvalue weighted by atomic mass is 15.1. The first-order chi connectivity index (χ1) is 7.65. The van der Waals surface area contributed by atoms with Crippen molar-refractivity contribution in [2.75, 3.05) is 20.1 Å². The molecule has 1 unspecified atom stereocenters. The predicted molar refractivity (Wildman–Crippen MR) is 65.4 cm³/mol. The summed E-state index contributed by atoms with van der Waals surface area (Å²) in [5, 5.41) is 8.35. The Kier molecular flexibility index (Phi) is 3.54. The van der Waals surface area contributed by atoms with Crippen LogP contribution in [0.25, 0.3) is 0 Å². The van der Waals surface area contributed by atoms with Gasteiger partial charge in [0.05, 0.1) is 11.9 Å². The number of nitrogens with zero attached hydrogens (tertiary/aromatic N) is 3. The van der Waals surface area contributed by atoms with Crippen LogP contribution >= 0.6 is 0 Å². The van der Waals surface area contributed by atoms with E-state index in [1.165, 1.54) is 25.1 Å². The van der Waals surface area contributed by atoms with E-state index in [9.17, 15) is 0 Å². The van der Waals surface area contributed by atoms with Crippen molar-refractivity contribution in [3.8, 4) is 0 Å². The molecule has 3 nitrogen and oxygen atoms in total. The van der Waals surface area contributed by atoms with Gasteiger partial charge in [0, 0.05) is 6.54 Å². The molecule has 88 valence electrons. The van der Waals surface area contributed by atoms with E-state index >= 15 is 0 Å². The Bertz CT molecular complexity index is 349. The summed E-state index contributed by atoms with van der Waals surface area (Å²) >= 11 is 0. The average Bonchev–Trinajstić information content (AvgIpc) is 2.64. The lowest BCUT2D eigenvalue weighted by molar-refractivity contribution is 0.393. The van der Waals surface area contributed by atoms with Gasteiger partial charge in [-0.3, -0.25) is 0 Å². The standard InChI is InChI=1S/C13H21N3/c1-10(2)12-7-13(15-14-8-12)6-11-4-5-16(3)9-11/h7-8,10-11H,4-6,9H2,1-3H3. The molecule has 1 aromatic rings. The van der Waals surface area contributed by atoms with Crippen molar-refractivity contribution < 1.29 is 0 Å². The minimum Gasteiger partial charge on any atom is -0.306 e. The maximum atomic E-state index is 4.24. The fraction of sp³-hybridized carbons (Fsp3) is 0.692. The molecule has 2 heterocycles. The van der Waals surface area contributed by atoms with Gasteiger partial charge in [-0.2, -0.15) is 10.2 Å². The Balaban J connectivity index is 2.01. The number of likely N-dealkylation sites (tertiary alicyclic amines) is 1. The van der Waals surface area contributed by atoms with Crippen LogP contribution in [-0.4, -0.2) is 35.2 Å². The number of aromatic nitrogens is 2. The maximum Gasteiger partial charge on any atom is 0.0637 e. The van der Waals surface area contributed by atoms with Crippen molar-refractivity contribution in [3.63, 3.8) is 0 Å². The molecule has 16 heavy (non-hydrogen) atoms. The number of hydrogen-bond acceptors (Lipinski definition) is 3. The zero-order valence-electron chi connectivity index (χ0n) is 10.5. The molecule has 0 aliphatic carbocycles. The Morgan fingerprint density at radius 2 is 2.31 bits per heavy atom. The SMILES string of the molecule is CC(C)c1cnnc(CC2CCN(C)C2)c1. The fourth-order valence-corrected chi connectivity index (χ4v) is 2.33. The zero-order chi connectivity index (χ0) is 11.5. The molecule has 1 fully saturated rings. The lowest BCUT2D eigenvalue weighted by Crippen LogP contribution is -2.15. The molecule has 0 saturated carbocycles. The largest absolute Gasteiger partial charge is 0.306 e. The van der Waals surface area contributed by atoms with E-state index in [4.69, 9.17) is 0 Å². The van der Waals surface area contributed by atoms with Crippen LogP contribution in [0.1, 0.15) is 37.4 Å². The van der Waals surface area contributed by atoms with Crippen molar-refractivity contribution in [2.45, 2.75) is 32.6 Å². The van der Waals surface area contributed by atoms with Crippen LogP contribution in [0, 0.1) is 5.92 Å². The van der Waals surface area contributed by atoms with E-state index in [1.807, 2.05) is 6.20 Å². The molecule has 0 amide bonds. The minimum absolute atomic E-state index is 0.542. The molecular weight excluding hydrogens is 198 g/mol. The molecular formula is C13H21N3. The first-order valence-corrected chi connectivity index (χ1v) is 6.15. The van der Waals surface area contributed by atoms with Crippen LogP contribution < -0.4 is 0 Å². The summed E-state index contributed by atoms with van der Waals surface area (Å²) in [4.78, 5) is 2.39. The summed E-state index contributed by atoms with van der Waals surface area (Å²) in [6.07, 6.45) is 4.26. The van der Waals surface area contributed by atoms with E-state index in [0.717, 1.165) is 18.0 Å². The van der Waals surface area contributed by atoms with E-state index in [-0.39, 0.29) is 0 Å². The normalized spacial score (nSPS) is 21.9.